The van der Waals surface area contributed by atoms with Crippen molar-refractivity contribution in [2.45, 2.75) is 76.6 Å². The number of phenolic OH excluding ortho intramolecular Hbond substituents is 1. The van der Waals surface area contributed by atoms with Crippen LogP contribution in [0.4, 0.5) is 0 Å². The van der Waals surface area contributed by atoms with E-state index in [0.29, 0.717) is 45.9 Å². The second-order valence-electron chi connectivity index (χ2n) is 12.5. The van der Waals surface area contributed by atoms with Crippen molar-refractivity contribution in [3.8, 4) is 5.75 Å². The zero-order valence-corrected chi connectivity index (χ0v) is 26.0. The number of hydrogen-bond acceptors (Lipinski definition) is 9. The first-order valence-electron chi connectivity index (χ1n) is 14.0. The smallest absolute Gasteiger partial charge is 0.192 e. The highest BCUT2D eigenvalue weighted by Gasteiger charge is 2.55. The van der Waals surface area contributed by atoms with E-state index in [9.17, 15) is 5.11 Å². The van der Waals surface area contributed by atoms with Crippen LogP contribution in [0.1, 0.15) is 45.6 Å². The molecule has 2 aliphatic rings. The van der Waals surface area contributed by atoms with Crippen LogP contribution in [0.15, 0.2) is 24.3 Å². The standard InChI is InChI=1S/C29H51NO8Si/c1-27(2,3)39(6,7)38-26-12-13-29(36-14-15-37-29)16-24(26)28(19-34-21-32-4,20-35-22-33-5)18-30-17-23-10-8-9-11-25(23)31/h8-11,24,26,30-31H,12-22H2,1-7H3/t24-,26+/m1/s1. The Hall–Kier alpha value is -1.08. The molecule has 1 heterocycles. The number of methoxy groups -OCH3 is 2. The number of ether oxygens (including phenoxy) is 6. The van der Waals surface area contributed by atoms with Gasteiger partial charge in [-0.3, -0.25) is 0 Å². The van der Waals surface area contributed by atoms with Crippen molar-refractivity contribution < 1.29 is 38.0 Å². The topological polar surface area (TPSA) is 96.9 Å². The molecule has 1 saturated heterocycles. The largest absolute Gasteiger partial charge is 0.508 e. The Bertz CT molecular complexity index is 861. The molecule has 39 heavy (non-hydrogen) atoms. The van der Waals surface area contributed by atoms with Crippen LogP contribution in [-0.2, 0) is 39.4 Å². The lowest BCUT2D eigenvalue weighted by molar-refractivity contribution is -0.227. The van der Waals surface area contributed by atoms with Gasteiger partial charge in [0, 0.05) is 63.2 Å². The number of para-hydroxylation sites is 1. The molecule has 2 N–H and O–H groups in total. The molecule has 1 aliphatic carbocycles. The van der Waals surface area contributed by atoms with E-state index in [1.54, 1.807) is 20.3 Å². The Morgan fingerprint density at radius 1 is 1.03 bits per heavy atom. The van der Waals surface area contributed by atoms with Crippen molar-refractivity contribution in [3.05, 3.63) is 29.8 Å². The van der Waals surface area contributed by atoms with Gasteiger partial charge in [0.05, 0.1) is 26.4 Å². The molecule has 2 atom stereocenters. The fourth-order valence-corrected chi connectivity index (χ4v) is 6.84. The molecular formula is C29H51NO8Si. The van der Waals surface area contributed by atoms with E-state index in [4.69, 9.17) is 32.8 Å². The summed E-state index contributed by atoms with van der Waals surface area (Å²) in [6, 6.07) is 7.38. The number of aromatic hydroxyl groups is 1. The predicted octanol–water partition coefficient (Wildman–Crippen LogP) is 4.64. The minimum atomic E-state index is -2.10. The molecule has 224 valence electrons. The molecule has 0 aromatic heterocycles. The Morgan fingerprint density at radius 2 is 1.64 bits per heavy atom. The van der Waals surface area contributed by atoms with Gasteiger partial charge in [0.1, 0.15) is 19.3 Å². The van der Waals surface area contributed by atoms with Gasteiger partial charge in [0.2, 0.25) is 0 Å². The lowest BCUT2D eigenvalue weighted by atomic mass is 9.66. The van der Waals surface area contributed by atoms with Crippen LogP contribution < -0.4 is 5.32 Å². The Labute approximate surface area is 235 Å². The summed E-state index contributed by atoms with van der Waals surface area (Å²) in [7, 11) is 1.15. The van der Waals surface area contributed by atoms with Crippen LogP contribution in [0.3, 0.4) is 0 Å². The van der Waals surface area contributed by atoms with Gasteiger partial charge in [-0.15, -0.1) is 0 Å². The van der Waals surface area contributed by atoms with E-state index in [0.717, 1.165) is 18.4 Å². The average Bonchev–Trinajstić information content (AvgIpc) is 3.33. The third kappa shape index (κ3) is 8.47. The molecule has 1 aromatic carbocycles. The third-order valence-electron chi connectivity index (χ3n) is 8.61. The number of rotatable bonds is 15. The summed E-state index contributed by atoms with van der Waals surface area (Å²) in [5, 5.41) is 14.0. The van der Waals surface area contributed by atoms with Gasteiger partial charge in [-0.2, -0.15) is 0 Å². The third-order valence-corrected chi connectivity index (χ3v) is 13.1. The van der Waals surface area contributed by atoms with Crippen LogP contribution in [0.2, 0.25) is 18.1 Å². The van der Waals surface area contributed by atoms with Gasteiger partial charge in [-0.1, -0.05) is 39.0 Å². The summed E-state index contributed by atoms with van der Waals surface area (Å²) < 4.78 is 42.4. The number of hydrogen-bond donors (Lipinski definition) is 2. The molecule has 0 radical (unpaired) electrons. The molecule has 9 nitrogen and oxygen atoms in total. The van der Waals surface area contributed by atoms with Crippen LogP contribution in [-0.4, -0.2) is 86.1 Å². The van der Waals surface area contributed by atoms with Gasteiger partial charge in [-0.25, -0.2) is 0 Å². The van der Waals surface area contributed by atoms with E-state index in [2.05, 4.69) is 39.2 Å². The molecule has 2 fully saturated rings. The maximum atomic E-state index is 10.3. The molecule has 1 spiro atoms. The van der Waals surface area contributed by atoms with E-state index in [1.807, 2.05) is 18.2 Å². The second kappa shape index (κ2) is 14.2. The van der Waals surface area contributed by atoms with Crippen LogP contribution in [0, 0.1) is 11.3 Å². The van der Waals surface area contributed by atoms with Crippen molar-refractivity contribution in [1.29, 1.82) is 0 Å². The van der Waals surface area contributed by atoms with Gasteiger partial charge in [0.15, 0.2) is 14.1 Å². The number of phenols is 1. The van der Waals surface area contributed by atoms with Crippen molar-refractivity contribution in [3.63, 3.8) is 0 Å². The highest BCUT2D eigenvalue weighted by Crippen LogP contribution is 2.50. The molecule has 0 amide bonds. The molecule has 0 bridgehead atoms. The van der Waals surface area contributed by atoms with E-state index < -0.39 is 19.5 Å². The van der Waals surface area contributed by atoms with Gasteiger partial charge in [-0.05, 0) is 30.6 Å². The fraction of sp³-hybridized carbons (Fsp3) is 0.793. The fourth-order valence-electron chi connectivity index (χ4n) is 5.45. The van der Waals surface area contributed by atoms with Gasteiger partial charge >= 0.3 is 0 Å². The monoisotopic (exact) mass is 569 g/mol. The average molecular weight is 570 g/mol. The first kappa shape index (κ1) is 32.4. The van der Waals surface area contributed by atoms with Crippen LogP contribution >= 0.6 is 0 Å². The summed E-state index contributed by atoms with van der Waals surface area (Å²) in [5.41, 5.74) is 0.315. The van der Waals surface area contributed by atoms with Crippen molar-refractivity contribution in [2.75, 3.05) is 60.8 Å². The normalized spacial score (nSPS) is 22.0. The lowest BCUT2D eigenvalue weighted by Gasteiger charge is -2.52. The number of nitrogens with one attached hydrogen (secondary N) is 1. The summed E-state index contributed by atoms with van der Waals surface area (Å²) in [5.74, 6) is -0.349. The highest BCUT2D eigenvalue weighted by atomic mass is 28.4. The summed E-state index contributed by atoms with van der Waals surface area (Å²) in [6.07, 6.45) is 2.28. The minimum absolute atomic E-state index is 0.00376. The predicted molar refractivity (Wildman–Crippen MR) is 152 cm³/mol. The highest BCUT2D eigenvalue weighted by molar-refractivity contribution is 6.74. The number of benzene rings is 1. The van der Waals surface area contributed by atoms with Crippen LogP contribution in [0.25, 0.3) is 0 Å². The Kier molecular flexibility index (Phi) is 11.8. The quantitative estimate of drug-likeness (QED) is 0.178. The van der Waals surface area contributed by atoms with Gasteiger partial charge in [0.25, 0.3) is 0 Å². The maximum Gasteiger partial charge on any atom is 0.192 e. The maximum absolute atomic E-state index is 10.3. The second-order valence-corrected chi connectivity index (χ2v) is 17.2. The molecule has 1 aliphatic heterocycles. The molecule has 3 rings (SSSR count). The zero-order valence-electron chi connectivity index (χ0n) is 25.0. The first-order valence-corrected chi connectivity index (χ1v) is 17.0. The Balaban J connectivity index is 1.97. The van der Waals surface area contributed by atoms with Crippen LogP contribution in [0.5, 0.6) is 5.75 Å². The first-order chi connectivity index (χ1) is 18.5. The lowest BCUT2D eigenvalue weighted by Crippen LogP contribution is -2.59. The van der Waals surface area contributed by atoms with E-state index >= 15 is 0 Å². The van der Waals surface area contributed by atoms with E-state index in [1.165, 1.54) is 0 Å². The molecule has 10 heteroatoms. The van der Waals surface area contributed by atoms with Crippen molar-refractivity contribution in [2.24, 2.45) is 11.3 Å². The summed E-state index contributed by atoms with van der Waals surface area (Å²) in [4.78, 5) is 0. The van der Waals surface area contributed by atoms with E-state index in [-0.39, 0.29) is 36.4 Å². The zero-order chi connectivity index (χ0) is 28.6. The molecule has 1 saturated carbocycles. The molecule has 0 unspecified atom stereocenters. The molecule has 1 aromatic rings. The SMILES string of the molecule is COCOCC(CNCc1ccccc1O)(COCOC)[C@@H]1CC2(CC[C@@H]1O[Si](C)(C)C(C)(C)C)OCCO2. The van der Waals surface area contributed by atoms with Crippen molar-refractivity contribution in [1.82, 2.24) is 5.32 Å². The summed E-state index contributed by atoms with van der Waals surface area (Å²) in [6.45, 7) is 14.8. The molecular weight excluding hydrogens is 518 g/mol. The summed E-state index contributed by atoms with van der Waals surface area (Å²) >= 11 is 0. The van der Waals surface area contributed by atoms with Crippen molar-refractivity contribution >= 4 is 8.32 Å². The Morgan fingerprint density at radius 3 is 2.21 bits per heavy atom. The minimum Gasteiger partial charge on any atom is -0.508 e. The van der Waals surface area contributed by atoms with Gasteiger partial charge < -0.3 is 43.3 Å².